The van der Waals surface area contributed by atoms with Crippen LogP contribution in [-0.2, 0) is 4.79 Å². The van der Waals surface area contributed by atoms with Gasteiger partial charge in [0.15, 0.2) is 23.0 Å². The van der Waals surface area contributed by atoms with Gasteiger partial charge in [-0.25, -0.2) is 0 Å². The van der Waals surface area contributed by atoms with E-state index >= 15 is 0 Å². The van der Waals surface area contributed by atoms with Gasteiger partial charge in [-0.15, -0.1) is 0 Å². The number of amides is 1. The second-order valence-corrected chi connectivity index (χ2v) is 6.54. The Balaban J connectivity index is 1.64. The van der Waals surface area contributed by atoms with E-state index in [4.69, 9.17) is 18.9 Å². The van der Waals surface area contributed by atoms with Crippen molar-refractivity contribution in [3.05, 3.63) is 53.6 Å². The van der Waals surface area contributed by atoms with Crippen molar-refractivity contribution in [1.29, 1.82) is 0 Å². The Bertz CT molecular complexity index is 878. The second-order valence-electron chi connectivity index (χ2n) is 6.54. The molecule has 2 aromatic rings. The SMILES string of the molecule is CCOc1ccc(C=CC(=O)NC(C)c2ccc3c(c2)OCCO3)cc1OCC. The van der Waals surface area contributed by atoms with E-state index < -0.39 is 0 Å². The lowest BCUT2D eigenvalue weighted by Gasteiger charge is -2.20. The van der Waals surface area contributed by atoms with Crippen LogP contribution in [0.2, 0.25) is 0 Å². The molecule has 0 aliphatic carbocycles. The third kappa shape index (κ3) is 5.44. The molecule has 0 saturated heterocycles. The molecule has 1 heterocycles. The fourth-order valence-corrected chi connectivity index (χ4v) is 3.02. The zero-order chi connectivity index (χ0) is 20.6. The van der Waals surface area contributed by atoms with Crippen molar-refractivity contribution in [2.24, 2.45) is 0 Å². The summed E-state index contributed by atoms with van der Waals surface area (Å²) in [7, 11) is 0. The van der Waals surface area contributed by atoms with E-state index in [0.29, 0.717) is 43.7 Å². The zero-order valence-electron chi connectivity index (χ0n) is 17.1. The van der Waals surface area contributed by atoms with Crippen molar-refractivity contribution in [3.63, 3.8) is 0 Å². The molecule has 154 valence electrons. The number of benzene rings is 2. The first kappa shape index (κ1) is 20.6. The summed E-state index contributed by atoms with van der Waals surface area (Å²) in [5.74, 6) is 2.63. The lowest BCUT2D eigenvalue weighted by Crippen LogP contribution is -2.25. The first-order valence-electron chi connectivity index (χ1n) is 9.88. The second kappa shape index (κ2) is 9.87. The van der Waals surface area contributed by atoms with Gasteiger partial charge in [-0.1, -0.05) is 12.1 Å². The summed E-state index contributed by atoms with van der Waals surface area (Å²) in [6.07, 6.45) is 3.27. The van der Waals surface area contributed by atoms with Crippen LogP contribution in [0.5, 0.6) is 23.0 Å². The number of fused-ring (bicyclic) bond motifs is 1. The molecule has 0 fully saturated rings. The van der Waals surface area contributed by atoms with Gasteiger partial charge in [-0.3, -0.25) is 4.79 Å². The highest BCUT2D eigenvalue weighted by Crippen LogP contribution is 2.32. The summed E-state index contributed by atoms with van der Waals surface area (Å²) in [6, 6.07) is 11.2. The van der Waals surface area contributed by atoms with E-state index in [1.54, 1.807) is 6.08 Å². The fourth-order valence-electron chi connectivity index (χ4n) is 3.02. The van der Waals surface area contributed by atoms with Crippen LogP contribution < -0.4 is 24.3 Å². The molecule has 1 amide bonds. The maximum atomic E-state index is 12.4. The topological polar surface area (TPSA) is 66.0 Å². The number of carbonyl (C=O) groups is 1. The number of hydrogen-bond donors (Lipinski definition) is 1. The van der Waals surface area contributed by atoms with Crippen LogP contribution in [0.1, 0.15) is 37.9 Å². The minimum absolute atomic E-state index is 0.165. The van der Waals surface area contributed by atoms with Gasteiger partial charge in [-0.05, 0) is 62.2 Å². The molecule has 6 nitrogen and oxygen atoms in total. The first-order valence-corrected chi connectivity index (χ1v) is 9.88. The molecule has 0 radical (unpaired) electrons. The predicted octanol–water partition coefficient (Wildman–Crippen LogP) is 4.15. The first-order chi connectivity index (χ1) is 14.1. The Labute approximate surface area is 171 Å². The Morgan fingerprint density at radius 1 is 1.03 bits per heavy atom. The largest absolute Gasteiger partial charge is 0.490 e. The molecule has 1 unspecified atom stereocenters. The lowest BCUT2D eigenvalue weighted by atomic mass is 10.1. The summed E-state index contributed by atoms with van der Waals surface area (Å²) in [5.41, 5.74) is 1.81. The van der Waals surface area contributed by atoms with Crippen LogP contribution in [-0.4, -0.2) is 32.3 Å². The van der Waals surface area contributed by atoms with Crippen LogP contribution in [0.25, 0.3) is 6.08 Å². The van der Waals surface area contributed by atoms with Gasteiger partial charge >= 0.3 is 0 Å². The number of nitrogens with one attached hydrogen (secondary N) is 1. The van der Waals surface area contributed by atoms with Gasteiger partial charge in [0.05, 0.1) is 19.3 Å². The molecule has 0 spiro atoms. The van der Waals surface area contributed by atoms with Gasteiger partial charge in [0, 0.05) is 6.08 Å². The Morgan fingerprint density at radius 2 is 1.76 bits per heavy atom. The minimum Gasteiger partial charge on any atom is -0.490 e. The molecular weight excluding hydrogens is 370 g/mol. The summed E-state index contributed by atoms with van der Waals surface area (Å²) in [6.45, 7) is 7.98. The number of ether oxygens (including phenoxy) is 4. The molecule has 1 aliphatic heterocycles. The van der Waals surface area contributed by atoms with Crippen molar-refractivity contribution in [1.82, 2.24) is 5.32 Å². The van der Waals surface area contributed by atoms with Crippen molar-refractivity contribution in [2.75, 3.05) is 26.4 Å². The van der Waals surface area contributed by atoms with E-state index in [-0.39, 0.29) is 11.9 Å². The van der Waals surface area contributed by atoms with Crippen molar-refractivity contribution >= 4 is 12.0 Å². The molecule has 2 aromatic carbocycles. The smallest absolute Gasteiger partial charge is 0.244 e. The molecule has 1 aliphatic rings. The van der Waals surface area contributed by atoms with Crippen LogP contribution >= 0.6 is 0 Å². The average molecular weight is 397 g/mol. The third-order valence-corrected chi connectivity index (χ3v) is 4.42. The Hall–Kier alpha value is -3.15. The van der Waals surface area contributed by atoms with Gasteiger partial charge in [0.25, 0.3) is 0 Å². The van der Waals surface area contributed by atoms with Crippen LogP contribution in [0.15, 0.2) is 42.5 Å². The molecule has 3 rings (SSSR count). The van der Waals surface area contributed by atoms with Crippen molar-refractivity contribution in [2.45, 2.75) is 26.8 Å². The average Bonchev–Trinajstić information content (AvgIpc) is 2.73. The van der Waals surface area contributed by atoms with E-state index in [1.165, 1.54) is 6.08 Å². The van der Waals surface area contributed by atoms with E-state index in [9.17, 15) is 4.79 Å². The quantitative estimate of drug-likeness (QED) is 0.678. The molecule has 0 bridgehead atoms. The Kier molecular flexibility index (Phi) is 7.00. The summed E-state index contributed by atoms with van der Waals surface area (Å²) >= 11 is 0. The van der Waals surface area contributed by atoms with Crippen LogP contribution in [0, 0.1) is 0 Å². The predicted molar refractivity (Wildman–Crippen MR) is 112 cm³/mol. The normalized spacial score (nSPS) is 13.8. The maximum Gasteiger partial charge on any atom is 0.244 e. The van der Waals surface area contributed by atoms with Gasteiger partial charge in [-0.2, -0.15) is 0 Å². The molecule has 6 heteroatoms. The monoisotopic (exact) mass is 397 g/mol. The lowest BCUT2D eigenvalue weighted by molar-refractivity contribution is -0.117. The summed E-state index contributed by atoms with van der Waals surface area (Å²) in [5, 5.41) is 2.97. The zero-order valence-corrected chi connectivity index (χ0v) is 17.1. The van der Waals surface area contributed by atoms with E-state index in [2.05, 4.69) is 5.32 Å². The van der Waals surface area contributed by atoms with Gasteiger partial charge in [0.2, 0.25) is 5.91 Å². The minimum atomic E-state index is -0.181. The highest BCUT2D eigenvalue weighted by molar-refractivity contribution is 5.92. The van der Waals surface area contributed by atoms with E-state index in [1.807, 2.05) is 57.2 Å². The molecule has 1 atom stereocenters. The van der Waals surface area contributed by atoms with Crippen LogP contribution in [0.3, 0.4) is 0 Å². The number of hydrogen-bond acceptors (Lipinski definition) is 5. The summed E-state index contributed by atoms with van der Waals surface area (Å²) < 4.78 is 22.3. The van der Waals surface area contributed by atoms with E-state index in [0.717, 1.165) is 16.9 Å². The molecule has 1 N–H and O–H groups in total. The standard InChI is InChI=1S/C23H27NO5/c1-4-26-19-9-6-17(14-21(19)27-5-2)7-11-23(25)24-16(3)18-8-10-20-22(15-18)29-13-12-28-20/h6-11,14-16H,4-5,12-13H2,1-3H3,(H,24,25). The van der Waals surface area contributed by atoms with Crippen LogP contribution in [0.4, 0.5) is 0 Å². The third-order valence-electron chi connectivity index (χ3n) is 4.42. The fraction of sp³-hybridized carbons (Fsp3) is 0.348. The maximum absolute atomic E-state index is 12.4. The highest BCUT2D eigenvalue weighted by Gasteiger charge is 2.15. The van der Waals surface area contributed by atoms with Crippen molar-refractivity contribution < 1.29 is 23.7 Å². The molecular formula is C23H27NO5. The Morgan fingerprint density at radius 3 is 2.52 bits per heavy atom. The molecule has 0 aromatic heterocycles. The van der Waals surface area contributed by atoms with Crippen molar-refractivity contribution in [3.8, 4) is 23.0 Å². The molecule has 0 saturated carbocycles. The number of carbonyl (C=O) groups excluding carboxylic acids is 1. The highest BCUT2D eigenvalue weighted by atomic mass is 16.6. The van der Waals surface area contributed by atoms with Gasteiger partial charge < -0.3 is 24.3 Å². The van der Waals surface area contributed by atoms with Gasteiger partial charge in [0.1, 0.15) is 13.2 Å². The molecule has 29 heavy (non-hydrogen) atoms. The number of rotatable bonds is 8. The summed E-state index contributed by atoms with van der Waals surface area (Å²) in [4.78, 5) is 12.4.